The van der Waals surface area contributed by atoms with Gasteiger partial charge in [-0.1, -0.05) is 43.0 Å². The van der Waals surface area contributed by atoms with Gasteiger partial charge in [-0.15, -0.1) is 13.2 Å². The molecular weight excluding hydrogens is 495 g/mol. The van der Waals surface area contributed by atoms with Gasteiger partial charge in [0.05, 0.1) is 5.52 Å². The first-order valence-corrected chi connectivity index (χ1v) is 14.9. The lowest BCUT2D eigenvalue weighted by molar-refractivity contribution is -0.274. The number of fused-ring (bicyclic) bond motifs is 1. The van der Waals surface area contributed by atoms with E-state index in [1.165, 1.54) is 36.0 Å². The number of carboxylic acid groups (broad SMARTS) is 1. The molecule has 178 valence electrons. The molecule has 0 spiro atoms. The van der Waals surface area contributed by atoms with Crippen LogP contribution < -0.4 is 4.74 Å². The average Bonchev–Trinajstić information content (AvgIpc) is 3.04. The van der Waals surface area contributed by atoms with Gasteiger partial charge < -0.3 is 19.1 Å². The van der Waals surface area contributed by atoms with Crippen molar-refractivity contribution in [1.29, 1.82) is 0 Å². The molecule has 33 heavy (non-hydrogen) atoms. The largest absolute Gasteiger partial charge is 0.573 e. The predicted octanol–water partition coefficient (Wildman–Crippen LogP) is 7.36. The van der Waals surface area contributed by atoms with Crippen LogP contribution in [0.25, 0.3) is 10.9 Å². The number of benzene rings is 2. The molecule has 0 aliphatic rings. The number of alkyl halides is 3. The molecule has 1 aromatic heterocycles. The lowest BCUT2D eigenvalue weighted by Crippen LogP contribution is -2.22. The van der Waals surface area contributed by atoms with Gasteiger partial charge in [0.2, 0.25) is 0 Å². The first-order valence-electron chi connectivity index (χ1n) is 10.00. The number of ether oxygens (including phenoxy) is 2. The molecule has 3 aromatic rings. The predicted molar refractivity (Wildman–Crippen MR) is 125 cm³/mol. The zero-order chi connectivity index (χ0) is 24.4. The van der Waals surface area contributed by atoms with Gasteiger partial charge in [0.1, 0.15) is 18.2 Å². The molecule has 3 rings (SSSR count). The molecule has 1 heterocycles. The van der Waals surface area contributed by atoms with E-state index in [1.807, 2.05) is 0 Å². The topological polar surface area (TPSA) is 60.7 Å². The second kappa shape index (κ2) is 10.0. The molecule has 11 heteroatoms. The first-order chi connectivity index (χ1) is 15.3. The summed E-state index contributed by atoms with van der Waals surface area (Å²) in [6, 6.07) is 11.3. The smallest absolute Gasteiger partial charge is 0.477 e. The third-order valence-electron chi connectivity index (χ3n) is 4.67. The normalized spacial score (nSPS) is 12.3. The summed E-state index contributed by atoms with van der Waals surface area (Å²) in [5.41, 5.74) is 0.670. The van der Waals surface area contributed by atoms with Crippen molar-refractivity contribution in [2.24, 2.45) is 0 Å². The third-order valence-corrected chi connectivity index (χ3v) is 7.66. The molecule has 0 saturated heterocycles. The van der Waals surface area contributed by atoms with Crippen LogP contribution in [-0.4, -0.2) is 36.7 Å². The first kappa shape index (κ1) is 25.5. The minimum atomic E-state index is -4.76. The summed E-state index contributed by atoms with van der Waals surface area (Å²) in [4.78, 5) is 13.2. The van der Waals surface area contributed by atoms with Crippen LogP contribution in [0.3, 0.4) is 0 Å². The lowest BCUT2D eigenvalue weighted by atomic mass is 10.2. The Morgan fingerprint density at radius 3 is 2.39 bits per heavy atom. The van der Waals surface area contributed by atoms with Crippen LogP contribution in [-0.2, 0) is 11.5 Å². The standard InChI is InChI=1S/C22H23ClF3NO4SSi/c1-33(2,3)9-8-30-13-27-18-10-14(23)11-20(17(18)12-19(27)21(28)29)32-16-6-4-15(5-7-16)31-22(24,25)26/h4-7,10-12H,8-9,13H2,1-3H3,(H,28,29). The molecular formula is C22H23ClF3NO4SSi. The van der Waals surface area contributed by atoms with Gasteiger partial charge in [-0.05, 0) is 48.5 Å². The lowest BCUT2D eigenvalue weighted by Gasteiger charge is -2.16. The van der Waals surface area contributed by atoms with Crippen molar-refractivity contribution in [3.63, 3.8) is 0 Å². The van der Waals surface area contributed by atoms with Crippen LogP contribution in [0.1, 0.15) is 10.5 Å². The van der Waals surface area contributed by atoms with Gasteiger partial charge in [0.25, 0.3) is 0 Å². The Balaban J connectivity index is 1.89. The van der Waals surface area contributed by atoms with E-state index in [4.69, 9.17) is 16.3 Å². The van der Waals surface area contributed by atoms with Crippen LogP contribution in [0.2, 0.25) is 30.7 Å². The Labute approximate surface area is 199 Å². The molecule has 0 saturated carbocycles. The van der Waals surface area contributed by atoms with Gasteiger partial charge in [-0.25, -0.2) is 4.79 Å². The number of nitrogens with zero attached hydrogens (tertiary/aromatic N) is 1. The maximum atomic E-state index is 12.4. The van der Waals surface area contributed by atoms with Crippen LogP contribution in [0.15, 0.2) is 52.3 Å². The SMILES string of the molecule is C[Si](C)(C)CCOCn1c(C(=O)O)cc2c(Sc3ccc(OC(F)(F)F)cc3)cc(Cl)cc21. The highest BCUT2D eigenvalue weighted by Crippen LogP contribution is 2.38. The molecule has 2 aromatic carbocycles. The van der Waals surface area contributed by atoms with Crippen molar-refractivity contribution < 1.29 is 32.5 Å². The van der Waals surface area contributed by atoms with Crippen molar-refractivity contribution in [2.45, 2.75) is 48.6 Å². The molecule has 5 nitrogen and oxygen atoms in total. The molecule has 1 N–H and O–H groups in total. The zero-order valence-electron chi connectivity index (χ0n) is 18.2. The molecule has 0 atom stereocenters. The van der Waals surface area contributed by atoms with Gasteiger partial charge in [0, 0.05) is 34.9 Å². The highest BCUT2D eigenvalue weighted by atomic mass is 35.5. The maximum Gasteiger partial charge on any atom is 0.573 e. The van der Waals surface area contributed by atoms with Gasteiger partial charge >= 0.3 is 12.3 Å². The molecule has 0 aliphatic heterocycles. The Hall–Kier alpha value is -2.14. The number of aromatic nitrogens is 1. The summed E-state index contributed by atoms with van der Waals surface area (Å²) in [7, 11) is -1.29. The number of carboxylic acids is 1. The van der Waals surface area contributed by atoms with Crippen molar-refractivity contribution in [2.75, 3.05) is 6.61 Å². The van der Waals surface area contributed by atoms with E-state index >= 15 is 0 Å². The summed E-state index contributed by atoms with van der Waals surface area (Å²) in [6.45, 7) is 7.30. The van der Waals surface area contributed by atoms with Crippen LogP contribution in [0, 0.1) is 0 Å². The molecule has 0 amide bonds. The quantitative estimate of drug-likeness (QED) is 0.237. The second-order valence-electron chi connectivity index (χ2n) is 8.57. The van der Waals surface area contributed by atoms with Crippen molar-refractivity contribution in [1.82, 2.24) is 4.57 Å². The summed E-state index contributed by atoms with van der Waals surface area (Å²) in [6.07, 6.45) is -4.76. The fourth-order valence-electron chi connectivity index (χ4n) is 3.06. The van der Waals surface area contributed by atoms with Gasteiger partial charge in [0.15, 0.2) is 0 Å². The van der Waals surface area contributed by atoms with Crippen LogP contribution in [0.4, 0.5) is 13.2 Å². The van der Waals surface area contributed by atoms with Gasteiger partial charge in [-0.2, -0.15) is 0 Å². The maximum absolute atomic E-state index is 12.4. The van der Waals surface area contributed by atoms with E-state index < -0.39 is 20.4 Å². The molecule has 0 unspecified atom stereocenters. The van der Waals surface area contributed by atoms with Crippen LogP contribution >= 0.6 is 23.4 Å². The molecule has 0 radical (unpaired) electrons. The van der Waals surface area contributed by atoms with E-state index in [0.29, 0.717) is 32.3 Å². The second-order valence-corrected chi connectivity index (χ2v) is 15.7. The number of aromatic carboxylic acids is 1. The van der Waals surface area contributed by atoms with Crippen molar-refractivity contribution in [3.8, 4) is 5.75 Å². The highest BCUT2D eigenvalue weighted by Gasteiger charge is 2.31. The zero-order valence-corrected chi connectivity index (χ0v) is 20.8. The van der Waals surface area contributed by atoms with E-state index in [1.54, 1.807) is 22.8 Å². The van der Waals surface area contributed by atoms with Crippen LogP contribution in [0.5, 0.6) is 5.75 Å². The Kier molecular flexibility index (Phi) is 7.72. The fourth-order valence-corrected chi connectivity index (χ4v) is 5.08. The number of carbonyl (C=O) groups is 1. The van der Waals surface area contributed by atoms with E-state index in [9.17, 15) is 23.1 Å². The number of rotatable bonds is 9. The van der Waals surface area contributed by atoms with Crippen molar-refractivity contribution >= 4 is 48.3 Å². The Morgan fingerprint density at radius 2 is 1.82 bits per heavy atom. The molecule has 0 aliphatic carbocycles. The minimum absolute atomic E-state index is 0.0658. The van der Waals surface area contributed by atoms with E-state index in [0.717, 1.165) is 6.04 Å². The molecule has 0 bridgehead atoms. The minimum Gasteiger partial charge on any atom is -0.477 e. The summed E-state index contributed by atoms with van der Waals surface area (Å²) < 4.78 is 48.4. The Morgan fingerprint density at radius 1 is 1.15 bits per heavy atom. The summed E-state index contributed by atoms with van der Waals surface area (Å²) in [5, 5.41) is 10.8. The van der Waals surface area contributed by atoms with E-state index in [2.05, 4.69) is 24.4 Å². The fraction of sp³-hybridized carbons (Fsp3) is 0.318. The van der Waals surface area contributed by atoms with Crippen molar-refractivity contribution in [3.05, 3.63) is 53.2 Å². The highest BCUT2D eigenvalue weighted by molar-refractivity contribution is 7.99. The Bertz CT molecular complexity index is 1140. The average molecular weight is 518 g/mol. The molecule has 0 fully saturated rings. The number of hydrogen-bond acceptors (Lipinski definition) is 4. The summed E-state index contributed by atoms with van der Waals surface area (Å²) >= 11 is 7.58. The van der Waals surface area contributed by atoms with Gasteiger partial charge in [-0.3, -0.25) is 0 Å². The third kappa shape index (κ3) is 7.17. The monoisotopic (exact) mass is 517 g/mol. The summed E-state index contributed by atoms with van der Waals surface area (Å²) in [5.74, 6) is -1.42. The van der Waals surface area contributed by atoms with E-state index in [-0.39, 0.29) is 18.2 Å². The number of hydrogen-bond donors (Lipinski definition) is 1. The number of halogens is 4.